The predicted molar refractivity (Wildman–Crippen MR) is 77.6 cm³/mol. The van der Waals surface area contributed by atoms with Crippen LogP contribution in [-0.4, -0.2) is 40.2 Å². The van der Waals surface area contributed by atoms with Gasteiger partial charge in [-0.25, -0.2) is 14.0 Å². The first-order valence-electron chi connectivity index (χ1n) is 6.50. The lowest BCUT2D eigenvalue weighted by Crippen LogP contribution is -2.61. The van der Waals surface area contributed by atoms with Crippen LogP contribution in [0.5, 0.6) is 5.75 Å². The van der Waals surface area contributed by atoms with E-state index in [0.717, 1.165) is 13.0 Å². The van der Waals surface area contributed by atoms with Crippen LogP contribution in [0.25, 0.3) is 0 Å². The third kappa shape index (κ3) is 4.29. The number of halogens is 1. The summed E-state index contributed by atoms with van der Waals surface area (Å²) in [6, 6.07) is 3.43. The van der Waals surface area contributed by atoms with Gasteiger partial charge in [-0.3, -0.25) is 4.79 Å². The predicted octanol–water partition coefficient (Wildman–Crippen LogP) is 0.977. The smallest absolute Gasteiger partial charge is 0.341 e. The molecule has 0 aliphatic heterocycles. The van der Waals surface area contributed by atoms with Crippen molar-refractivity contribution in [3.63, 3.8) is 0 Å². The second kappa shape index (κ2) is 7.39. The van der Waals surface area contributed by atoms with Gasteiger partial charge in [-0.05, 0) is 17.7 Å². The maximum Gasteiger partial charge on any atom is 0.341 e. The summed E-state index contributed by atoms with van der Waals surface area (Å²) in [4.78, 5) is 34.0. The molecule has 8 heteroatoms. The number of amides is 1. The minimum Gasteiger partial charge on any atom is -0.486 e. The monoisotopic (exact) mass is 325 g/mol. The number of aliphatic carboxylic acids is 2. The molecule has 0 spiro atoms. The lowest BCUT2D eigenvalue weighted by Gasteiger charge is -2.25. The van der Waals surface area contributed by atoms with Crippen molar-refractivity contribution in [3.8, 4) is 5.75 Å². The molecule has 1 aromatic rings. The van der Waals surface area contributed by atoms with Crippen LogP contribution < -0.4 is 10.1 Å². The van der Waals surface area contributed by atoms with Crippen molar-refractivity contribution >= 4 is 17.8 Å². The van der Waals surface area contributed by atoms with Gasteiger partial charge >= 0.3 is 11.9 Å². The van der Waals surface area contributed by atoms with Gasteiger partial charge in [0.05, 0.1) is 0 Å². The molecule has 7 nitrogen and oxygen atoms in total. The van der Waals surface area contributed by atoms with Crippen molar-refractivity contribution in [2.75, 3.05) is 6.61 Å². The molecule has 23 heavy (non-hydrogen) atoms. The summed E-state index contributed by atoms with van der Waals surface area (Å²) in [5.74, 6) is -5.16. The molecule has 0 fully saturated rings. The van der Waals surface area contributed by atoms with E-state index in [0.29, 0.717) is 0 Å². The van der Waals surface area contributed by atoms with Crippen LogP contribution in [0.3, 0.4) is 0 Å². The zero-order chi connectivity index (χ0) is 17.6. The molecule has 0 saturated carbocycles. The fourth-order valence-electron chi connectivity index (χ4n) is 1.92. The van der Waals surface area contributed by atoms with Crippen molar-refractivity contribution in [1.82, 2.24) is 5.32 Å². The van der Waals surface area contributed by atoms with Gasteiger partial charge in [0.2, 0.25) is 11.4 Å². The van der Waals surface area contributed by atoms with Crippen molar-refractivity contribution < 1.29 is 33.7 Å². The first-order valence-corrected chi connectivity index (χ1v) is 6.50. The minimum absolute atomic E-state index is 0.0229. The van der Waals surface area contributed by atoms with Crippen LogP contribution in [0, 0.1) is 5.82 Å². The number of hydrogen-bond donors (Lipinski definition) is 3. The largest absolute Gasteiger partial charge is 0.486 e. The van der Waals surface area contributed by atoms with Crippen LogP contribution in [0.15, 0.2) is 30.9 Å². The Morgan fingerprint density at radius 3 is 2.43 bits per heavy atom. The highest BCUT2D eigenvalue weighted by Crippen LogP contribution is 2.23. The van der Waals surface area contributed by atoms with E-state index in [1.807, 2.05) is 5.32 Å². The Morgan fingerprint density at radius 1 is 1.35 bits per heavy atom. The van der Waals surface area contributed by atoms with E-state index in [1.165, 1.54) is 18.2 Å². The van der Waals surface area contributed by atoms with Crippen LogP contribution in [-0.2, 0) is 20.8 Å². The van der Waals surface area contributed by atoms with Crippen LogP contribution in [0.4, 0.5) is 4.39 Å². The van der Waals surface area contributed by atoms with E-state index in [4.69, 9.17) is 4.74 Å². The van der Waals surface area contributed by atoms with Gasteiger partial charge in [0.25, 0.3) is 0 Å². The zero-order valence-electron chi connectivity index (χ0n) is 12.3. The third-order valence-corrected chi connectivity index (χ3v) is 2.94. The van der Waals surface area contributed by atoms with Gasteiger partial charge in [0.15, 0.2) is 11.6 Å². The average Bonchev–Trinajstić information content (AvgIpc) is 2.46. The minimum atomic E-state index is -2.56. The molecule has 1 aromatic carbocycles. The number of ether oxygens (including phenoxy) is 1. The molecule has 0 unspecified atom stereocenters. The Morgan fingerprint density at radius 2 is 1.96 bits per heavy atom. The van der Waals surface area contributed by atoms with Crippen molar-refractivity contribution in [2.45, 2.75) is 18.9 Å². The molecule has 0 aliphatic rings. The highest BCUT2D eigenvalue weighted by atomic mass is 19.1. The lowest BCUT2D eigenvalue weighted by atomic mass is 9.90. The van der Waals surface area contributed by atoms with Gasteiger partial charge in [-0.1, -0.05) is 18.7 Å². The molecule has 124 valence electrons. The van der Waals surface area contributed by atoms with Gasteiger partial charge < -0.3 is 20.3 Å². The van der Waals surface area contributed by atoms with Gasteiger partial charge in [0.1, 0.15) is 6.61 Å². The summed E-state index contributed by atoms with van der Waals surface area (Å²) in [7, 11) is 0. The molecule has 0 aliphatic carbocycles. The summed E-state index contributed by atoms with van der Waals surface area (Å²) in [5, 5.41) is 20.4. The molecule has 0 radical (unpaired) electrons. The molecule has 1 rings (SSSR count). The fraction of sp³-hybridized carbons (Fsp3) is 0.267. The Kier molecular flexibility index (Phi) is 5.83. The van der Waals surface area contributed by atoms with E-state index < -0.39 is 35.6 Å². The van der Waals surface area contributed by atoms with Crippen molar-refractivity contribution in [2.24, 2.45) is 0 Å². The molecule has 0 aromatic heterocycles. The Labute approximate surface area is 131 Å². The van der Waals surface area contributed by atoms with Crippen LogP contribution in [0.1, 0.15) is 12.5 Å². The fourth-order valence-corrected chi connectivity index (χ4v) is 1.92. The first-order chi connectivity index (χ1) is 10.7. The highest BCUT2D eigenvalue weighted by molar-refractivity contribution is 6.06. The maximum absolute atomic E-state index is 13.6. The van der Waals surface area contributed by atoms with Gasteiger partial charge in [-0.15, -0.1) is 0 Å². The van der Waals surface area contributed by atoms with Crippen molar-refractivity contribution in [3.05, 3.63) is 42.2 Å². The summed E-state index contributed by atoms with van der Waals surface area (Å²) >= 11 is 0. The Bertz CT molecular complexity index is 629. The quantitative estimate of drug-likeness (QED) is 0.485. The molecular weight excluding hydrogens is 309 g/mol. The average molecular weight is 325 g/mol. The zero-order valence-corrected chi connectivity index (χ0v) is 12.3. The first kappa shape index (κ1) is 18.1. The lowest BCUT2D eigenvalue weighted by molar-refractivity contribution is -0.161. The molecular formula is C15H16FNO6. The molecule has 0 heterocycles. The molecule has 0 atom stereocenters. The third-order valence-electron chi connectivity index (χ3n) is 2.94. The van der Waals surface area contributed by atoms with Gasteiger partial charge in [-0.2, -0.15) is 0 Å². The summed E-state index contributed by atoms with van der Waals surface area (Å²) in [5.41, 5.74) is -2.39. The second-order valence-electron chi connectivity index (χ2n) is 4.74. The summed E-state index contributed by atoms with van der Waals surface area (Å²) < 4.78 is 18.7. The number of carboxylic acids is 2. The van der Waals surface area contributed by atoms with Gasteiger partial charge in [0, 0.05) is 13.3 Å². The number of carbonyl (C=O) groups is 3. The topological polar surface area (TPSA) is 113 Å². The SMILES string of the molecule is C=CCOc1cc(CC(NC(C)=O)(C(=O)O)C(=O)O)ccc1F. The second-order valence-corrected chi connectivity index (χ2v) is 4.74. The highest BCUT2D eigenvalue weighted by Gasteiger charge is 2.47. The number of carboxylic acid groups (broad SMARTS) is 2. The van der Waals surface area contributed by atoms with E-state index >= 15 is 0 Å². The van der Waals surface area contributed by atoms with Crippen molar-refractivity contribution in [1.29, 1.82) is 0 Å². The Balaban J connectivity index is 3.22. The number of rotatable bonds is 8. The number of nitrogens with one attached hydrogen (secondary N) is 1. The van der Waals surface area contributed by atoms with E-state index in [9.17, 15) is 29.0 Å². The Hall–Kier alpha value is -2.90. The number of hydrogen-bond acceptors (Lipinski definition) is 4. The normalized spacial score (nSPS) is 10.7. The molecule has 0 bridgehead atoms. The number of carbonyl (C=O) groups excluding carboxylic acids is 1. The maximum atomic E-state index is 13.6. The van der Waals surface area contributed by atoms with E-state index in [2.05, 4.69) is 6.58 Å². The van der Waals surface area contributed by atoms with E-state index in [1.54, 1.807) is 0 Å². The van der Waals surface area contributed by atoms with Crippen LogP contribution in [0.2, 0.25) is 0 Å². The van der Waals surface area contributed by atoms with Crippen LogP contribution >= 0.6 is 0 Å². The summed E-state index contributed by atoms with van der Waals surface area (Å²) in [6.07, 6.45) is 0.810. The standard InChI is InChI=1S/C15H16FNO6/c1-3-6-23-12-7-10(4-5-11(12)16)8-15(13(19)20,14(21)22)17-9(2)18/h3-5,7H,1,6,8H2,2H3,(H,17,18)(H,19,20)(H,21,22). The molecule has 3 N–H and O–H groups in total. The molecule has 0 saturated heterocycles. The number of benzene rings is 1. The molecule has 1 amide bonds. The van der Waals surface area contributed by atoms with E-state index in [-0.39, 0.29) is 17.9 Å². The summed E-state index contributed by atoms with van der Waals surface area (Å²) in [6.45, 7) is 4.44.